The van der Waals surface area contributed by atoms with Gasteiger partial charge in [-0.2, -0.15) is 0 Å². The lowest BCUT2D eigenvalue weighted by Crippen LogP contribution is -2.52. The minimum absolute atomic E-state index is 0.0291. The fraction of sp³-hybridized carbons (Fsp3) is 0.167. The first-order valence-electron chi connectivity index (χ1n) is 10.4. The van der Waals surface area contributed by atoms with E-state index in [-0.39, 0.29) is 32.0 Å². The third kappa shape index (κ3) is 4.84. The molecule has 0 saturated carbocycles. The molecule has 35 heavy (non-hydrogen) atoms. The maximum atomic E-state index is 13.9. The molecule has 1 aliphatic rings. The Morgan fingerprint density at radius 1 is 1.06 bits per heavy atom. The summed E-state index contributed by atoms with van der Waals surface area (Å²) in [6.45, 7) is 3.24. The first-order chi connectivity index (χ1) is 16.5. The van der Waals surface area contributed by atoms with Crippen LogP contribution in [0.2, 0.25) is 10.0 Å². The molecule has 3 aromatic rings. The van der Waals surface area contributed by atoms with Gasteiger partial charge in [-0.1, -0.05) is 41.4 Å². The molecule has 0 radical (unpaired) electrons. The molecule has 11 heteroatoms. The van der Waals surface area contributed by atoms with Gasteiger partial charge in [0.05, 0.1) is 32.7 Å². The quantitative estimate of drug-likeness (QED) is 0.463. The maximum absolute atomic E-state index is 13.9. The number of aryl methyl sites for hydroxylation is 2. The van der Waals surface area contributed by atoms with E-state index >= 15 is 0 Å². The highest BCUT2D eigenvalue weighted by molar-refractivity contribution is 7.93. The molecule has 0 spiro atoms. The van der Waals surface area contributed by atoms with E-state index < -0.39 is 40.1 Å². The van der Waals surface area contributed by atoms with Gasteiger partial charge in [0.25, 0.3) is 10.0 Å². The highest BCUT2D eigenvalue weighted by atomic mass is 35.5. The second kappa shape index (κ2) is 9.49. The number of benzene rings is 3. The predicted octanol–water partition coefficient (Wildman–Crippen LogP) is 5.29. The Hall–Kier alpha value is -3.14. The van der Waals surface area contributed by atoms with Gasteiger partial charge in [0, 0.05) is 5.69 Å². The van der Waals surface area contributed by atoms with Crippen LogP contribution in [0.3, 0.4) is 0 Å². The van der Waals surface area contributed by atoms with Crippen molar-refractivity contribution in [3.63, 3.8) is 0 Å². The topological polar surface area (TPSA) is 95.6 Å². The lowest BCUT2D eigenvalue weighted by Gasteiger charge is -2.37. The van der Waals surface area contributed by atoms with Crippen LogP contribution in [0, 0.1) is 19.7 Å². The highest BCUT2D eigenvalue weighted by Crippen LogP contribution is 2.39. The van der Waals surface area contributed by atoms with Gasteiger partial charge in [0.1, 0.15) is 11.9 Å². The zero-order valence-electron chi connectivity index (χ0n) is 18.6. The molecule has 2 amide bonds. The first kappa shape index (κ1) is 25.0. The normalized spacial score (nSPS) is 15.4. The van der Waals surface area contributed by atoms with Crippen molar-refractivity contribution in [1.82, 2.24) is 0 Å². The Bertz CT molecular complexity index is 1460. The second-order valence-electron chi connectivity index (χ2n) is 8.07. The minimum Gasteiger partial charge on any atom is -0.326 e. The molecule has 3 aromatic carbocycles. The van der Waals surface area contributed by atoms with Crippen molar-refractivity contribution in [1.29, 1.82) is 0 Å². The number of rotatable bonds is 5. The van der Waals surface area contributed by atoms with Crippen LogP contribution >= 0.6 is 23.2 Å². The number of amides is 2. The Morgan fingerprint density at radius 3 is 2.49 bits per heavy atom. The number of fused-ring (bicyclic) bond motifs is 1. The van der Waals surface area contributed by atoms with Gasteiger partial charge in [-0.25, -0.2) is 12.8 Å². The zero-order chi connectivity index (χ0) is 25.5. The molecule has 1 aliphatic heterocycles. The van der Waals surface area contributed by atoms with E-state index in [4.69, 9.17) is 23.2 Å². The summed E-state index contributed by atoms with van der Waals surface area (Å²) in [4.78, 5) is 25.8. The lowest BCUT2D eigenvalue weighted by atomic mass is 10.1. The number of hydrogen-bond donors (Lipinski definition) is 2. The van der Waals surface area contributed by atoms with Crippen LogP contribution in [0.15, 0.2) is 59.5 Å². The summed E-state index contributed by atoms with van der Waals surface area (Å²) in [5, 5.41) is 5.43. The van der Waals surface area contributed by atoms with E-state index in [9.17, 15) is 22.4 Å². The Balaban J connectivity index is 1.77. The SMILES string of the molecule is Cc1ccc(F)cc1NC(=O)CC1C(=O)Nc2ccccc2N1S(=O)(=O)c1cc(Cl)c(Cl)cc1C. The van der Waals surface area contributed by atoms with Crippen LogP contribution in [0.1, 0.15) is 17.5 Å². The molecule has 0 aromatic heterocycles. The summed E-state index contributed by atoms with van der Waals surface area (Å²) in [5.41, 5.74) is 1.62. The van der Waals surface area contributed by atoms with E-state index in [2.05, 4.69) is 10.6 Å². The van der Waals surface area contributed by atoms with Crippen molar-refractivity contribution in [3.05, 3.63) is 81.6 Å². The molecule has 4 rings (SSSR count). The van der Waals surface area contributed by atoms with E-state index in [1.165, 1.54) is 30.3 Å². The van der Waals surface area contributed by atoms with E-state index in [1.54, 1.807) is 32.0 Å². The fourth-order valence-corrected chi connectivity index (χ4v) is 6.17. The number of hydrogen-bond acceptors (Lipinski definition) is 4. The molecule has 0 bridgehead atoms. The second-order valence-corrected chi connectivity index (χ2v) is 10.7. The van der Waals surface area contributed by atoms with Crippen LogP contribution in [-0.4, -0.2) is 26.3 Å². The molecule has 0 aliphatic carbocycles. The predicted molar refractivity (Wildman–Crippen MR) is 134 cm³/mol. The molecule has 7 nitrogen and oxygen atoms in total. The summed E-state index contributed by atoms with van der Waals surface area (Å²) in [7, 11) is -4.37. The molecule has 1 atom stereocenters. The summed E-state index contributed by atoms with van der Waals surface area (Å²) >= 11 is 12.1. The Labute approximate surface area is 211 Å². The third-order valence-electron chi connectivity index (χ3n) is 5.59. The third-order valence-corrected chi connectivity index (χ3v) is 8.28. The zero-order valence-corrected chi connectivity index (χ0v) is 20.9. The molecule has 1 unspecified atom stereocenters. The average molecular weight is 536 g/mol. The summed E-state index contributed by atoms with van der Waals surface area (Å²) in [5.74, 6) is -1.89. The van der Waals surface area contributed by atoms with Crippen LogP contribution in [0.5, 0.6) is 0 Å². The van der Waals surface area contributed by atoms with Gasteiger partial charge in [-0.3, -0.25) is 13.9 Å². The minimum atomic E-state index is -4.37. The van der Waals surface area contributed by atoms with Crippen molar-refractivity contribution >= 4 is 62.1 Å². The molecular formula is C24H20Cl2FN3O4S. The van der Waals surface area contributed by atoms with Crippen molar-refractivity contribution in [2.24, 2.45) is 0 Å². The van der Waals surface area contributed by atoms with Crippen LogP contribution in [-0.2, 0) is 19.6 Å². The maximum Gasteiger partial charge on any atom is 0.265 e. The number of nitrogens with zero attached hydrogens (tertiary/aromatic N) is 1. The average Bonchev–Trinajstić information content (AvgIpc) is 2.78. The molecule has 1 heterocycles. The number of anilines is 3. The van der Waals surface area contributed by atoms with Crippen molar-refractivity contribution in [2.45, 2.75) is 31.2 Å². The van der Waals surface area contributed by atoms with Gasteiger partial charge in [0.15, 0.2) is 0 Å². The summed E-state index contributed by atoms with van der Waals surface area (Å²) < 4.78 is 42.4. The van der Waals surface area contributed by atoms with Crippen molar-refractivity contribution in [3.8, 4) is 0 Å². The number of carbonyl (C=O) groups is 2. The fourth-order valence-electron chi connectivity index (χ4n) is 3.85. The monoisotopic (exact) mass is 535 g/mol. The highest BCUT2D eigenvalue weighted by Gasteiger charge is 2.42. The smallest absolute Gasteiger partial charge is 0.265 e. The number of carbonyl (C=O) groups excluding carboxylic acids is 2. The number of nitrogens with one attached hydrogen (secondary N) is 2. The Kier molecular flexibility index (Phi) is 6.77. The first-order valence-corrected chi connectivity index (χ1v) is 12.6. The standard InChI is InChI=1S/C24H20Cl2FN3O4S/c1-13-7-8-15(27)10-19(13)28-23(31)12-21-24(32)29-18-5-3-4-6-20(18)30(21)35(33,34)22-11-17(26)16(25)9-14(22)2/h3-11,21H,12H2,1-2H3,(H,28,31)(H,29,32). The van der Waals surface area contributed by atoms with Crippen molar-refractivity contribution in [2.75, 3.05) is 14.9 Å². The number of para-hydroxylation sites is 2. The van der Waals surface area contributed by atoms with E-state index in [1.807, 2.05) is 0 Å². The van der Waals surface area contributed by atoms with Crippen molar-refractivity contribution < 1.29 is 22.4 Å². The lowest BCUT2D eigenvalue weighted by molar-refractivity contribution is -0.122. The summed E-state index contributed by atoms with van der Waals surface area (Å²) in [6.07, 6.45) is -0.518. The molecule has 0 saturated heterocycles. The van der Waals surface area contributed by atoms with Gasteiger partial charge < -0.3 is 10.6 Å². The van der Waals surface area contributed by atoms with Gasteiger partial charge in [-0.15, -0.1) is 0 Å². The molecule has 0 fully saturated rings. The largest absolute Gasteiger partial charge is 0.326 e. The van der Waals surface area contributed by atoms with E-state index in [0.29, 0.717) is 11.1 Å². The summed E-state index contributed by atoms with van der Waals surface area (Å²) in [6, 6.07) is 11.5. The molecule has 182 valence electrons. The van der Waals surface area contributed by atoms with E-state index in [0.717, 1.165) is 10.4 Å². The number of sulfonamides is 1. The van der Waals surface area contributed by atoms with Gasteiger partial charge in [0.2, 0.25) is 11.8 Å². The van der Waals surface area contributed by atoms with Gasteiger partial charge in [-0.05, 0) is 61.4 Å². The van der Waals surface area contributed by atoms with Crippen LogP contribution in [0.25, 0.3) is 0 Å². The Morgan fingerprint density at radius 2 is 1.74 bits per heavy atom. The van der Waals surface area contributed by atoms with Crippen LogP contribution < -0.4 is 14.9 Å². The van der Waals surface area contributed by atoms with Gasteiger partial charge >= 0.3 is 0 Å². The van der Waals surface area contributed by atoms with Crippen LogP contribution in [0.4, 0.5) is 21.5 Å². The molecular weight excluding hydrogens is 516 g/mol. The number of halogens is 3. The molecule has 2 N–H and O–H groups in total.